The highest BCUT2D eigenvalue weighted by Crippen LogP contribution is 1.95. The molecule has 0 aliphatic heterocycles. The summed E-state index contributed by atoms with van der Waals surface area (Å²) in [5.41, 5.74) is 8.35. The van der Waals surface area contributed by atoms with Crippen LogP contribution in [0.25, 0.3) is 10.4 Å². The first-order valence-electron chi connectivity index (χ1n) is 3.95. The lowest BCUT2D eigenvalue weighted by atomic mass is 10.3. The second-order valence-corrected chi connectivity index (χ2v) is 2.35. The van der Waals surface area contributed by atoms with Crippen molar-refractivity contribution in [3.05, 3.63) is 40.3 Å². The van der Waals surface area contributed by atoms with Gasteiger partial charge in [0.05, 0.1) is 0 Å². The van der Waals surface area contributed by atoms with E-state index < -0.39 is 5.95 Å². The molecule has 0 aromatic carbocycles. The summed E-state index contributed by atoms with van der Waals surface area (Å²) in [6, 6.07) is 4.41. The van der Waals surface area contributed by atoms with E-state index in [1.807, 2.05) is 0 Å². The predicted octanol–water partition coefficient (Wildman–Crippen LogP) is 2.27. The van der Waals surface area contributed by atoms with Crippen LogP contribution in [0.1, 0.15) is 12.1 Å². The molecule has 0 aliphatic rings. The molecule has 4 nitrogen and oxygen atoms in total. The number of hydrogen-bond acceptors (Lipinski definition) is 2. The molecule has 70 valence electrons. The van der Waals surface area contributed by atoms with Gasteiger partial charge in [0, 0.05) is 17.9 Å². The van der Waals surface area contributed by atoms with Crippen LogP contribution in [0.5, 0.6) is 0 Å². The van der Waals surface area contributed by atoms with E-state index in [-0.39, 0.29) is 0 Å². The molecule has 0 bridgehead atoms. The lowest BCUT2D eigenvalue weighted by Crippen LogP contribution is -1.85. The fraction of sp³-hybridized carbons (Fsp3) is 0.222. The summed E-state index contributed by atoms with van der Waals surface area (Å²) in [5.74, 6) is 4.83. The van der Waals surface area contributed by atoms with Crippen molar-refractivity contribution in [2.45, 2.75) is 6.42 Å². The molecule has 1 rings (SSSR count). The number of rotatable bonds is 2. The van der Waals surface area contributed by atoms with Gasteiger partial charge in [-0.25, -0.2) is 4.98 Å². The van der Waals surface area contributed by atoms with Crippen LogP contribution >= 0.6 is 0 Å². The molecule has 0 N–H and O–H groups in total. The van der Waals surface area contributed by atoms with Crippen molar-refractivity contribution in [2.75, 3.05) is 6.54 Å². The molecular weight excluding hydrogens is 183 g/mol. The minimum Gasteiger partial charge on any atom is -0.211 e. The van der Waals surface area contributed by atoms with Crippen LogP contribution in [0, 0.1) is 17.8 Å². The average Bonchev–Trinajstić information content (AvgIpc) is 2.18. The van der Waals surface area contributed by atoms with Crippen molar-refractivity contribution in [3.63, 3.8) is 0 Å². The molecule has 1 heterocycles. The van der Waals surface area contributed by atoms with E-state index in [9.17, 15) is 4.39 Å². The van der Waals surface area contributed by atoms with Crippen molar-refractivity contribution in [1.82, 2.24) is 4.98 Å². The second-order valence-electron chi connectivity index (χ2n) is 2.35. The van der Waals surface area contributed by atoms with Gasteiger partial charge in [-0.3, -0.25) is 0 Å². The molecular formula is C9H7FN4. The summed E-state index contributed by atoms with van der Waals surface area (Å²) >= 11 is 0. The van der Waals surface area contributed by atoms with Crippen LogP contribution in [0.4, 0.5) is 4.39 Å². The molecule has 0 aliphatic carbocycles. The highest BCUT2D eigenvalue weighted by molar-refractivity contribution is 5.26. The minimum absolute atomic E-state index is 0.318. The summed E-state index contributed by atoms with van der Waals surface area (Å²) in [7, 11) is 0. The first-order chi connectivity index (χ1) is 6.83. The summed E-state index contributed by atoms with van der Waals surface area (Å²) in [4.78, 5) is 6.12. The van der Waals surface area contributed by atoms with E-state index in [0.29, 0.717) is 18.7 Å². The van der Waals surface area contributed by atoms with Crippen molar-refractivity contribution < 1.29 is 4.39 Å². The smallest absolute Gasteiger partial charge is 0.211 e. The standard InChI is InChI=1S/C9H7FN4/c10-9-6-3-5-8(13-9)4-1-2-7-12-14-11/h3,5-6H,2,7H2. The Bertz CT molecular complexity index is 412. The maximum atomic E-state index is 12.6. The first kappa shape index (κ1) is 10.0. The zero-order chi connectivity index (χ0) is 10.2. The fourth-order valence-electron chi connectivity index (χ4n) is 0.782. The van der Waals surface area contributed by atoms with Gasteiger partial charge in [-0.05, 0) is 23.6 Å². The van der Waals surface area contributed by atoms with Gasteiger partial charge in [-0.2, -0.15) is 4.39 Å². The van der Waals surface area contributed by atoms with Gasteiger partial charge in [0.2, 0.25) is 5.95 Å². The Hall–Kier alpha value is -2.05. The van der Waals surface area contributed by atoms with E-state index >= 15 is 0 Å². The molecule has 5 heteroatoms. The Balaban J connectivity index is 2.54. The van der Waals surface area contributed by atoms with E-state index in [1.54, 1.807) is 12.1 Å². The van der Waals surface area contributed by atoms with Gasteiger partial charge in [-0.1, -0.05) is 17.1 Å². The third-order valence-corrected chi connectivity index (χ3v) is 1.33. The number of azide groups is 1. The summed E-state index contributed by atoms with van der Waals surface area (Å²) < 4.78 is 12.6. The highest BCUT2D eigenvalue weighted by Gasteiger charge is 1.90. The van der Waals surface area contributed by atoms with E-state index in [2.05, 4.69) is 26.9 Å². The molecule has 0 saturated heterocycles. The van der Waals surface area contributed by atoms with Gasteiger partial charge < -0.3 is 0 Å². The van der Waals surface area contributed by atoms with Gasteiger partial charge in [0.25, 0.3) is 0 Å². The molecule has 1 aromatic heterocycles. The van der Waals surface area contributed by atoms with Crippen LogP contribution in [0.3, 0.4) is 0 Å². The predicted molar refractivity (Wildman–Crippen MR) is 49.7 cm³/mol. The molecule has 0 spiro atoms. The van der Waals surface area contributed by atoms with Crippen LogP contribution in [0.2, 0.25) is 0 Å². The molecule has 14 heavy (non-hydrogen) atoms. The molecule has 0 atom stereocenters. The van der Waals surface area contributed by atoms with Gasteiger partial charge >= 0.3 is 0 Å². The summed E-state index contributed by atoms with van der Waals surface area (Å²) in [5, 5.41) is 3.30. The molecule has 0 radical (unpaired) electrons. The summed E-state index contributed by atoms with van der Waals surface area (Å²) in [6.45, 7) is 0.318. The monoisotopic (exact) mass is 190 g/mol. The van der Waals surface area contributed by atoms with Gasteiger partial charge in [0.15, 0.2) is 0 Å². The SMILES string of the molecule is [N-]=[N+]=NCCC#Cc1cccc(F)n1. The first-order valence-corrected chi connectivity index (χ1v) is 3.95. The van der Waals surface area contributed by atoms with Crippen LogP contribution in [-0.2, 0) is 0 Å². The quantitative estimate of drug-likeness (QED) is 0.176. The van der Waals surface area contributed by atoms with Crippen molar-refractivity contribution in [2.24, 2.45) is 5.11 Å². The van der Waals surface area contributed by atoms with E-state index in [1.165, 1.54) is 6.07 Å². The van der Waals surface area contributed by atoms with Crippen molar-refractivity contribution in [1.29, 1.82) is 0 Å². The number of pyridine rings is 1. The molecule has 1 aromatic rings. The average molecular weight is 190 g/mol. The largest absolute Gasteiger partial charge is 0.214 e. The molecule has 0 saturated carbocycles. The van der Waals surface area contributed by atoms with E-state index in [0.717, 1.165) is 0 Å². The number of aromatic nitrogens is 1. The molecule has 0 amide bonds. The highest BCUT2D eigenvalue weighted by atomic mass is 19.1. The van der Waals surface area contributed by atoms with Crippen molar-refractivity contribution >= 4 is 0 Å². The van der Waals surface area contributed by atoms with Gasteiger partial charge in [-0.15, -0.1) is 0 Å². The zero-order valence-electron chi connectivity index (χ0n) is 7.31. The van der Waals surface area contributed by atoms with Crippen LogP contribution < -0.4 is 0 Å². The number of nitrogens with zero attached hydrogens (tertiary/aromatic N) is 4. The van der Waals surface area contributed by atoms with E-state index in [4.69, 9.17) is 5.53 Å². The Kier molecular flexibility index (Phi) is 3.99. The maximum absolute atomic E-state index is 12.6. The number of hydrogen-bond donors (Lipinski definition) is 0. The Morgan fingerprint density at radius 1 is 1.57 bits per heavy atom. The molecule has 0 fully saturated rings. The lowest BCUT2D eigenvalue weighted by Gasteiger charge is -1.88. The zero-order valence-corrected chi connectivity index (χ0v) is 7.31. The minimum atomic E-state index is -0.549. The normalized spacial score (nSPS) is 8.36. The topological polar surface area (TPSA) is 61.7 Å². The third-order valence-electron chi connectivity index (χ3n) is 1.33. The van der Waals surface area contributed by atoms with Gasteiger partial charge in [0.1, 0.15) is 5.69 Å². The summed E-state index contributed by atoms with van der Waals surface area (Å²) in [6.07, 6.45) is 0.447. The third kappa shape index (κ3) is 3.57. The Morgan fingerprint density at radius 2 is 2.43 bits per heavy atom. The van der Waals surface area contributed by atoms with Crippen molar-refractivity contribution in [3.8, 4) is 11.8 Å². The maximum Gasteiger partial charge on any atom is 0.214 e. The van der Waals surface area contributed by atoms with Crippen LogP contribution in [-0.4, -0.2) is 11.5 Å². The number of halogens is 1. The Morgan fingerprint density at radius 3 is 3.14 bits per heavy atom. The lowest BCUT2D eigenvalue weighted by molar-refractivity contribution is 0.582. The molecule has 0 unspecified atom stereocenters. The second kappa shape index (κ2) is 5.57. The fourth-order valence-corrected chi connectivity index (χ4v) is 0.782. The Labute approximate surface area is 80.4 Å². The van der Waals surface area contributed by atoms with Crippen LogP contribution in [0.15, 0.2) is 23.3 Å².